The first-order valence-corrected chi connectivity index (χ1v) is 20.6. The van der Waals surface area contributed by atoms with Crippen LogP contribution in [0.1, 0.15) is 0 Å². The molecule has 13 rings (SSSR count). The van der Waals surface area contributed by atoms with Gasteiger partial charge in [-0.2, -0.15) is 0 Å². The van der Waals surface area contributed by atoms with Crippen molar-refractivity contribution < 1.29 is 8.83 Å². The Balaban J connectivity index is 1.06. The van der Waals surface area contributed by atoms with Crippen molar-refractivity contribution in [3.63, 3.8) is 0 Å². The minimum Gasteiger partial charge on any atom is -0.456 e. The first kappa shape index (κ1) is 33.1. The highest BCUT2D eigenvalue weighted by Crippen LogP contribution is 2.49. The van der Waals surface area contributed by atoms with E-state index in [0.717, 1.165) is 55.0 Å². The van der Waals surface area contributed by atoms with Crippen LogP contribution in [-0.4, -0.2) is 0 Å². The van der Waals surface area contributed by atoms with Gasteiger partial charge in [-0.15, -0.1) is 0 Å². The van der Waals surface area contributed by atoms with Crippen molar-refractivity contribution in [3.8, 4) is 44.5 Å². The predicted molar refractivity (Wildman–Crippen MR) is 253 cm³/mol. The van der Waals surface area contributed by atoms with E-state index in [1.165, 1.54) is 76.5 Å². The van der Waals surface area contributed by atoms with Gasteiger partial charge in [0.2, 0.25) is 0 Å². The molecule has 0 amide bonds. The first-order chi connectivity index (χ1) is 29.8. The van der Waals surface area contributed by atoms with Crippen molar-refractivity contribution in [2.45, 2.75) is 0 Å². The lowest BCUT2D eigenvalue weighted by Gasteiger charge is -2.18. The van der Waals surface area contributed by atoms with Gasteiger partial charge < -0.3 is 8.83 Å². The summed E-state index contributed by atoms with van der Waals surface area (Å²) in [5.74, 6) is 0. The molecule has 0 saturated heterocycles. The molecule has 2 nitrogen and oxygen atoms in total. The summed E-state index contributed by atoms with van der Waals surface area (Å²) in [6.07, 6.45) is 0. The molecule has 0 radical (unpaired) electrons. The Hall–Kier alpha value is -7.94. The van der Waals surface area contributed by atoms with Crippen LogP contribution in [0.4, 0.5) is 0 Å². The number of benzene rings is 11. The van der Waals surface area contributed by atoms with Crippen molar-refractivity contribution in [1.29, 1.82) is 0 Å². The fourth-order valence-corrected chi connectivity index (χ4v) is 10.2. The van der Waals surface area contributed by atoms with Crippen molar-refractivity contribution in [3.05, 3.63) is 206 Å². The molecule has 0 aliphatic carbocycles. The maximum atomic E-state index is 6.88. The van der Waals surface area contributed by atoms with Crippen LogP contribution in [-0.2, 0) is 0 Å². The molecule has 0 fully saturated rings. The van der Waals surface area contributed by atoms with E-state index in [1.807, 2.05) is 6.07 Å². The molecule has 2 heterocycles. The van der Waals surface area contributed by atoms with Gasteiger partial charge in [0.15, 0.2) is 0 Å². The molecule has 0 saturated carbocycles. The minimum absolute atomic E-state index is 0.869. The molecular formula is C58H34O2. The summed E-state index contributed by atoms with van der Waals surface area (Å²) in [6.45, 7) is 0. The van der Waals surface area contributed by atoms with Crippen molar-refractivity contribution in [1.82, 2.24) is 0 Å². The molecule has 2 heteroatoms. The predicted octanol–water partition coefficient (Wildman–Crippen LogP) is 16.8. The zero-order valence-electron chi connectivity index (χ0n) is 32.4. The van der Waals surface area contributed by atoms with Gasteiger partial charge in [0, 0.05) is 32.7 Å². The summed E-state index contributed by atoms with van der Waals surface area (Å²) in [7, 11) is 0. The highest BCUT2D eigenvalue weighted by Gasteiger charge is 2.23. The molecule has 13 aromatic rings. The van der Waals surface area contributed by atoms with E-state index in [2.05, 4.69) is 200 Å². The van der Waals surface area contributed by atoms with Gasteiger partial charge in [0.05, 0.1) is 0 Å². The second-order valence-corrected chi connectivity index (χ2v) is 15.8. The minimum atomic E-state index is 0.869. The molecule has 0 N–H and O–H groups in total. The number of fused-ring (bicyclic) bond motifs is 10. The first-order valence-electron chi connectivity index (χ1n) is 20.6. The standard InChI is InChI=1S/C58H34O2/c1-2-16-35(17-3-1)53-38-19-4-8-23-42(38)55(43-24-9-5-20-39(43)53)48-28-15-31-51-57(48)47-33-32-36(34-52(47)59-51)54-40-21-6-10-25-44(40)56(45-26-11-7-22-41(45)54)49-29-14-27-46-37-18-12-13-30-50(37)60-58(46)49/h1-34H. The normalized spacial score (nSPS) is 12.0. The van der Waals surface area contributed by atoms with E-state index in [4.69, 9.17) is 8.83 Å². The molecule has 2 aromatic heterocycles. The summed E-state index contributed by atoms with van der Waals surface area (Å²) in [4.78, 5) is 0. The summed E-state index contributed by atoms with van der Waals surface area (Å²) < 4.78 is 13.5. The van der Waals surface area contributed by atoms with E-state index in [9.17, 15) is 0 Å². The fourth-order valence-electron chi connectivity index (χ4n) is 10.2. The van der Waals surface area contributed by atoms with Crippen LogP contribution in [0.2, 0.25) is 0 Å². The monoisotopic (exact) mass is 762 g/mol. The lowest BCUT2D eigenvalue weighted by molar-refractivity contribution is 0.669. The average molecular weight is 763 g/mol. The third kappa shape index (κ3) is 4.70. The Kier molecular flexibility index (Phi) is 7.05. The highest BCUT2D eigenvalue weighted by atomic mass is 16.3. The Morgan fingerprint density at radius 2 is 0.683 bits per heavy atom. The van der Waals surface area contributed by atoms with E-state index < -0.39 is 0 Å². The van der Waals surface area contributed by atoms with E-state index in [1.54, 1.807) is 0 Å². The summed E-state index contributed by atoms with van der Waals surface area (Å²) in [5, 5.41) is 14.2. The molecule has 0 aliphatic heterocycles. The summed E-state index contributed by atoms with van der Waals surface area (Å²) >= 11 is 0. The molecule has 278 valence electrons. The maximum Gasteiger partial charge on any atom is 0.143 e. The Morgan fingerprint density at radius 3 is 1.30 bits per heavy atom. The van der Waals surface area contributed by atoms with Crippen molar-refractivity contribution >= 4 is 87.0 Å². The van der Waals surface area contributed by atoms with Gasteiger partial charge >= 0.3 is 0 Å². The van der Waals surface area contributed by atoms with Gasteiger partial charge in [-0.1, -0.05) is 182 Å². The molecule has 0 bridgehead atoms. The number of para-hydroxylation sites is 2. The smallest absolute Gasteiger partial charge is 0.143 e. The number of furan rings is 2. The van der Waals surface area contributed by atoms with Gasteiger partial charge in [-0.3, -0.25) is 0 Å². The molecule has 0 spiro atoms. The quantitative estimate of drug-likeness (QED) is 0.167. The zero-order valence-corrected chi connectivity index (χ0v) is 32.4. The lowest BCUT2D eigenvalue weighted by Crippen LogP contribution is -1.91. The fraction of sp³-hybridized carbons (Fsp3) is 0. The van der Waals surface area contributed by atoms with Gasteiger partial charge in [0.25, 0.3) is 0 Å². The van der Waals surface area contributed by atoms with Crippen LogP contribution >= 0.6 is 0 Å². The topological polar surface area (TPSA) is 26.3 Å². The van der Waals surface area contributed by atoms with E-state index in [-0.39, 0.29) is 0 Å². The molecule has 0 atom stereocenters. The van der Waals surface area contributed by atoms with Crippen LogP contribution in [0.3, 0.4) is 0 Å². The molecule has 0 aliphatic rings. The van der Waals surface area contributed by atoms with Crippen molar-refractivity contribution in [2.24, 2.45) is 0 Å². The second kappa shape index (κ2) is 12.8. The molecule has 11 aromatic carbocycles. The molecule has 0 unspecified atom stereocenters. The molecular weight excluding hydrogens is 729 g/mol. The van der Waals surface area contributed by atoms with Crippen molar-refractivity contribution in [2.75, 3.05) is 0 Å². The van der Waals surface area contributed by atoms with Gasteiger partial charge in [-0.05, 0) is 101 Å². The third-order valence-corrected chi connectivity index (χ3v) is 12.7. The summed E-state index contributed by atoms with van der Waals surface area (Å²) in [6, 6.07) is 74.3. The Labute approximate surface area is 345 Å². The van der Waals surface area contributed by atoms with Gasteiger partial charge in [0.1, 0.15) is 22.3 Å². The number of hydrogen-bond acceptors (Lipinski definition) is 2. The molecule has 60 heavy (non-hydrogen) atoms. The van der Waals surface area contributed by atoms with E-state index >= 15 is 0 Å². The third-order valence-electron chi connectivity index (χ3n) is 12.7. The summed E-state index contributed by atoms with van der Waals surface area (Å²) in [5.41, 5.74) is 13.0. The lowest BCUT2D eigenvalue weighted by atomic mass is 9.84. The maximum absolute atomic E-state index is 6.88. The van der Waals surface area contributed by atoms with Crippen LogP contribution in [0.5, 0.6) is 0 Å². The van der Waals surface area contributed by atoms with Gasteiger partial charge in [-0.25, -0.2) is 0 Å². The zero-order chi connectivity index (χ0) is 39.3. The Bertz CT molecular complexity index is 3770. The number of hydrogen-bond donors (Lipinski definition) is 0. The largest absolute Gasteiger partial charge is 0.456 e. The van der Waals surface area contributed by atoms with Crippen LogP contribution in [0.25, 0.3) is 131 Å². The van der Waals surface area contributed by atoms with Crippen LogP contribution in [0.15, 0.2) is 215 Å². The van der Waals surface area contributed by atoms with Crippen LogP contribution < -0.4 is 0 Å². The average Bonchev–Trinajstić information content (AvgIpc) is 3.89. The van der Waals surface area contributed by atoms with Crippen LogP contribution in [0, 0.1) is 0 Å². The second-order valence-electron chi connectivity index (χ2n) is 15.8. The Morgan fingerprint density at radius 1 is 0.233 bits per heavy atom. The highest BCUT2D eigenvalue weighted by molar-refractivity contribution is 6.27. The SMILES string of the molecule is c1ccc(-c2c3ccccc3c(-c3cccc4oc5cc(-c6c7ccccc7c(-c7cccc8c7oc7ccccc78)c7ccccc67)ccc5c34)c3ccccc23)cc1. The van der Waals surface area contributed by atoms with E-state index in [0.29, 0.717) is 0 Å². The number of rotatable bonds is 4.